The van der Waals surface area contributed by atoms with Crippen molar-refractivity contribution in [1.82, 2.24) is 15.3 Å². The van der Waals surface area contributed by atoms with Crippen LogP contribution in [0.25, 0.3) is 0 Å². The van der Waals surface area contributed by atoms with Crippen LogP contribution in [0.2, 0.25) is 0 Å². The predicted molar refractivity (Wildman–Crippen MR) is 44.3 cm³/mol. The Hall–Kier alpha value is -0.910. The molecule has 2 saturated heterocycles. The van der Waals surface area contributed by atoms with Crippen LogP contribution in [-0.2, 0) is 4.79 Å². The molecule has 2 rings (SSSR count). The lowest BCUT2D eigenvalue weighted by atomic mass is 10.3. The first-order valence-electron chi connectivity index (χ1n) is 3.62. The fraction of sp³-hybridized carbons (Fsp3) is 0.667. The molecule has 12 heavy (non-hydrogen) atoms. The highest BCUT2D eigenvalue weighted by molar-refractivity contribution is 7.99. The summed E-state index contributed by atoms with van der Waals surface area (Å²) in [5.74, 6) is 1.26. The van der Waals surface area contributed by atoms with E-state index in [0.29, 0.717) is 11.6 Å². The number of nitrogens with one attached hydrogen (secondary N) is 1. The third-order valence-electron chi connectivity index (χ3n) is 2.00. The molecule has 0 aliphatic carbocycles. The van der Waals surface area contributed by atoms with Crippen molar-refractivity contribution < 1.29 is 9.59 Å². The summed E-state index contributed by atoms with van der Waals surface area (Å²) < 4.78 is 0. The van der Waals surface area contributed by atoms with Crippen LogP contribution in [0.1, 0.15) is 0 Å². The summed E-state index contributed by atoms with van der Waals surface area (Å²) in [7, 11) is 1.56. The summed E-state index contributed by atoms with van der Waals surface area (Å²) in [6.45, 7) is 0. The van der Waals surface area contributed by atoms with E-state index in [1.165, 1.54) is 5.01 Å². The summed E-state index contributed by atoms with van der Waals surface area (Å²) in [5, 5.41) is 1.23. The quantitative estimate of drug-likeness (QED) is 0.554. The van der Waals surface area contributed by atoms with Gasteiger partial charge in [-0.05, 0) is 0 Å². The number of rotatable bonds is 0. The van der Waals surface area contributed by atoms with Crippen molar-refractivity contribution in [3.05, 3.63) is 0 Å². The molecule has 0 bridgehead atoms. The van der Waals surface area contributed by atoms with Gasteiger partial charge in [0.25, 0.3) is 5.91 Å². The van der Waals surface area contributed by atoms with Crippen LogP contribution in [0, 0.1) is 0 Å². The third-order valence-corrected chi connectivity index (χ3v) is 3.01. The molecule has 3 amide bonds. The normalized spacial score (nSPS) is 28.9. The predicted octanol–water partition coefficient (Wildman–Crippen LogP) is -0.542. The van der Waals surface area contributed by atoms with E-state index in [2.05, 4.69) is 5.43 Å². The van der Waals surface area contributed by atoms with Crippen molar-refractivity contribution >= 4 is 23.7 Å². The summed E-state index contributed by atoms with van der Waals surface area (Å²) in [6.07, 6.45) is 0. The molecular weight excluding hydrogens is 178 g/mol. The van der Waals surface area contributed by atoms with Gasteiger partial charge in [-0.3, -0.25) is 10.2 Å². The van der Waals surface area contributed by atoms with Crippen LogP contribution in [-0.4, -0.2) is 46.6 Å². The van der Waals surface area contributed by atoms with Gasteiger partial charge in [0, 0.05) is 12.8 Å². The Morgan fingerprint density at radius 2 is 2.33 bits per heavy atom. The molecule has 66 valence electrons. The topological polar surface area (TPSA) is 52.7 Å². The van der Waals surface area contributed by atoms with E-state index in [-0.39, 0.29) is 18.0 Å². The summed E-state index contributed by atoms with van der Waals surface area (Å²) in [4.78, 5) is 24.2. The van der Waals surface area contributed by atoms with E-state index in [1.807, 2.05) is 0 Å². The first-order chi connectivity index (χ1) is 5.70. The van der Waals surface area contributed by atoms with E-state index in [4.69, 9.17) is 0 Å². The minimum absolute atomic E-state index is 0.0814. The number of amides is 3. The molecule has 1 unspecified atom stereocenters. The second-order valence-electron chi connectivity index (χ2n) is 2.80. The molecule has 1 N–H and O–H groups in total. The lowest BCUT2D eigenvalue weighted by Gasteiger charge is -2.34. The second kappa shape index (κ2) is 2.55. The average molecular weight is 187 g/mol. The minimum Gasteiger partial charge on any atom is -0.301 e. The van der Waals surface area contributed by atoms with Crippen molar-refractivity contribution in [1.29, 1.82) is 0 Å². The van der Waals surface area contributed by atoms with E-state index < -0.39 is 0 Å². The van der Waals surface area contributed by atoms with Crippen molar-refractivity contribution in [3.8, 4) is 0 Å². The summed E-state index contributed by atoms with van der Waals surface area (Å²) in [5.41, 5.74) is 2.49. The Bertz CT molecular complexity index is 245. The average Bonchev–Trinajstić information content (AvgIpc) is 2.48. The van der Waals surface area contributed by atoms with Gasteiger partial charge < -0.3 is 4.90 Å². The number of carbonyl (C=O) groups is 2. The number of nitrogens with zero attached hydrogens (tertiary/aromatic N) is 2. The minimum atomic E-state index is -0.251. The molecule has 6 heteroatoms. The summed E-state index contributed by atoms with van der Waals surface area (Å²) in [6, 6.07) is -0.372. The van der Waals surface area contributed by atoms with Gasteiger partial charge in [0.15, 0.2) is 0 Å². The highest BCUT2D eigenvalue weighted by atomic mass is 32.2. The fourth-order valence-corrected chi connectivity index (χ4v) is 2.48. The van der Waals surface area contributed by atoms with Crippen LogP contribution in [0.15, 0.2) is 0 Å². The van der Waals surface area contributed by atoms with Crippen LogP contribution >= 0.6 is 11.8 Å². The molecule has 0 aromatic rings. The maximum Gasteiger partial charge on any atom is 0.339 e. The van der Waals surface area contributed by atoms with Crippen LogP contribution in [0.4, 0.5) is 4.79 Å². The molecule has 0 saturated carbocycles. The maximum atomic E-state index is 11.4. The second-order valence-corrected chi connectivity index (χ2v) is 3.80. The first-order valence-corrected chi connectivity index (χ1v) is 4.78. The molecule has 0 aromatic heterocycles. The van der Waals surface area contributed by atoms with E-state index in [1.54, 1.807) is 23.7 Å². The van der Waals surface area contributed by atoms with Gasteiger partial charge in [-0.2, -0.15) is 0 Å². The van der Waals surface area contributed by atoms with Gasteiger partial charge >= 0.3 is 6.03 Å². The number of fused-ring (bicyclic) bond motifs is 1. The number of hydrogen-bond donors (Lipinski definition) is 1. The Morgan fingerprint density at radius 1 is 1.58 bits per heavy atom. The molecule has 0 aromatic carbocycles. The van der Waals surface area contributed by atoms with E-state index in [0.717, 1.165) is 0 Å². The van der Waals surface area contributed by atoms with Crippen molar-refractivity contribution in [2.75, 3.05) is 18.7 Å². The maximum absolute atomic E-state index is 11.4. The highest BCUT2D eigenvalue weighted by Gasteiger charge is 2.40. The van der Waals surface area contributed by atoms with E-state index >= 15 is 0 Å². The molecule has 5 nitrogen and oxygen atoms in total. The molecule has 2 heterocycles. The molecule has 1 atom stereocenters. The number of urea groups is 1. The standard InChI is InChI=1S/C6H9N3O2S/c1-8-6(11)9-3-12-2-4(9)5(10)7-8/h4H,2-3H2,1H3,(H,7,10). The van der Waals surface area contributed by atoms with Gasteiger partial charge in [-0.25, -0.2) is 9.80 Å². The largest absolute Gasteiger partial charge is 0.339 e. The monoisotopic (exact) mass is 187 g/mol. The Labute approximate surface area is 74.0 Å². The zero-order valence-corrected chi connectivity index (χ0v) is 7.43. The summed E-state index contributed by atoms with van der Waals surface area (Å²) >= 11 is 1.61. The number of thioether (sulfide) groups is 1. The van der Waals surface area contributed by atoms with Crippen LogP contribution < -0.4 is 5.43 Å². The van der Waals surface area contributed by atoms with Crippen molar-refractivity contribution in [2.24, 2.45) is 0 Å². The number of carbonyl (C=O) groups excluding carboxylic acids is 2. The lowest BCUT2D eigenvalue weighted by Crippen LogP contribution is -2.62. The fourth-order valence-electron chi connectivity index (χ4n) is 1.33. The number of hydrazine groups is 1. The Balaban J connectivity index is 2.23. The van der Waals surface area contributed by atoms with Gasteiger partial charge in [0.05, 0.1) is 5.88 Å². The first kappa shape index (κ1) is 7.72. The Morgan fingerprint density at radius 3 is 3.08 bits per heavy atom. The lowest BCUT2D eigenvalue weighted by molar-refractivity contribution is -0.130. The van der Waals surface area contributed by atoms with Gasteiger partial charge in [-0.1, -0.05) is 0 Å². The molecular formula is C6H9N3O2S. The van der Waals surface area contributed by atoms with Gasteiger partial charge in [0.1, 0.15) is 6.04 Å². The van der Waals surface area contributed by atoms with Gasteiger partial charge in [0.2, 0.25) is 0 Å². The van der Waals surface area contributed by atoms with Crippen LogP contribution in [0.3, 0.4) is 0 Å². The zero-order valence-electron chi connectivity index (χ0n) is 6.61. The molecule has 0 radical (unpaired) electrons. The molecule has 2 aliphatic rings. The third kappa shape index (κ3) is 0.945. The molecule has 2 fully saturated rings. The van der Waals surface area contributed by atoms with Crippen LogP contribution in [0.5, 0.6) is 0 Å². The van der Waals surface area contributed by atoms with Gasteiger partial charge in [-0.15, -0.1) is 11.8 Å². The van der Waals surface area contributed by atoms with E-state index in [9.17, 15) is 9.59 Å². The van der Waals surface area contributed by atoms with Crippen molar-refractivity contribution in [3.63, 3.8) is 0 Å². The highest BCUT2D eigenvalue weighted by Crippen LogP contribution is 2.23. The molecule has 2 aliphatic heterocycles. The SMILES string of the molecule is CN1NC(=O)C2CSCN2C1=O. The molecule has 0 spiro atoms. The number of hydrogen-bond acceptors (Lipinski definition) is 3. The smallest absolute Gasteiger partial charge is 0.301 e. The van der Waals surface area contributed by atoms with Crippen molar-refractivity contribution in [2.45, 2.75) is 6.04 Å². The zero-order chi connectivity index (χ0) is 8.72. The Kier molecular flexibility index (Phi) is 1.64.